The van der Waals surface area contributed by atoms with Crippen LogP contribution in [0.1, 0.15) is 39.5 Å². The number of nitrogens with one attached hydrogen (secondary N) is 3. The van der Waals surface area contributed by atoms with Crippen LogP contribution in [-0.4, -0.2) is 41.4 Å². The Morgan fingerprint density at radius 3 is 2.20 bits per heavy atom. The lowest BCUT2D eigenvalue weighted by atomic mass is 10.0. The zero-order valence-corrected chi connectivity index (χ0v) is 26.4. The lowest BCUT2D eigenvalue weighted by molar-refractivity contribution is -0.130. The third-order valence-corrected chi connectivity index (χ3v) is 8.59. The van der Waals surface area contributed by atoms with E-state index < -0.39 is 23.9 Å². The van der Waals surface area contributed by atoms with Gasteiger partial charge in [0.15, 0.2) is 0 Å². The highest BCUT2D eigenvalue weighted by Crippen LogP contribution is 2.27. The smallest absolute Gasteiger partial charge is 0.252 e. The lowest BCUT2D eigenvalue weighted by Crippen LogP contribution is -2.55. The molecule has 0 aliphatic rings. The monoisotopic (exact) mass is 635 g/mol. The highest BCUT2D eigenvalue weighted by molar-refractivity contribution is 7.17. The van der Waals surface area contributed by atoms with E-state index in [1.54, 1.807) is 23.5 Å². The molecule has 9 nitrogen and oxygen atoms in total. The van der Waals surface area contributed by atoms with Gasteiger partial charge >= 0.3 is 0 Å². The van der Waals surface area contributed by atoms with Crippen molar-refractivity contribution in [1.29, 1.82) is 0 Å². The Morgan fingerprint density at radius 1 is 0.804 bits per heavy atom. The summed E-state index contributed by atoms with van der Waals surface area (Å²) in [5, 5.41) is 11.9. The molecule has 0 aliphatic heterocycles. The predicted molar refractivity (Wildman–Crippen MR) is 180 cm³/mol. The molecular weight excluding hydrogens is 598 g/mol. The van der Waals surface area contributed by atoms with Gasteiger partial charge in [0.1, 0.15) is 17.8 Å². The van der Waals surface area contributed by atoms with Crippen molar-refractivity contribution < 1.29 is 19.1 Å². The maximum Gasteiger partial charge on any atom is 0.252 e. The number of pyridine rings is 1. The normalized spacial score (nSPS) is 12.2. The van der Waals surface area contributed by atoms with E-state index in [2.05, 4.69) is 20.9 Å². The molecule has 0 saturated carbocycles. The Labute approximate surface area is 272 Å². The molecule has 0 radical (unpaired) electrons. The van der Waals surface area contributed by atoms with Crippen LogP contribution >= 0.6 is 11.3 Å². The summed E-state index contributed by atoms with van der Waals surface area (Å²) in [6, 6.07) is 24.4. The Hall–Kier alpha value is -5.06. The molecular formula is C36H37N5O4S. The first-order valence-corrected chi connectivity index (χ1v) is 16.0. The number of benzene rings is 3. The average molecular weight is 636 g/mol. The molecule has 2 aromatic heterocycles. The first-order valence-electron chi connectivity index (χ1n) is 15.2. The predicted octanol–water partition coefficient (Wildman–Crippen LogP) is 4.54. The Balaban J connectivity index is 1.38. The van der Waals surface area contributed by atoms with E-state index in [1.807, 2.05) is 85.1 Å². The molecule has 46 heavy (non-hydrogen) atoms. The topological polar surface area (TPSA) is 135 Å². The Kier molecular flexibility index (Phi) is 11.1. The number of thiophene rings is 1. The number of amides is 3. The van der Waals surface area contributed by atoms with Gasteiger partial charge in [0.2, 0.25) is 11.8 Å². The molecule has 0 fully saturated rings. The molecule has 0 saturated heterocycles. The number of carbonyl (C=O) groups is 3. The van der Waals surface area contributed by atoms with Crippen molar-refractivity contribution in [1.82, 2.24) is 20.9 Å². The van der Waals surface area contributed by atoms with Gasteiger partial charge in [-0.1, -0.05) is 54.6 Å². The first kappa shape index (κ1) is 32.3. The Bertz CT molecular complexity index is 1760. The van der Waals surface area contributed by atoms with Crippen LogP contribution in [0.15, 0.2) is 103 Å². The van der Waals surface area contributed by atoms with Crippen molar-refractivity contribution >= 4 is 39.1 Å². The number of hydrogen-bond acceptors (Lipinski definition) is 7. The molecule has 236 valence electrons. The summed E-state index contributed by atoms with van der Waals surface area (Å²) >= 11 is 1.59. The maximum atomic E-state index is 14.0. The van der Waals surface area contributed by atoms with E-state index >= 15 is 0 Å². The molecule has 10 heteroatoms. The number of rotatable bonds is 14. The van der Waals surface area contributed by atoms with Gasteiger partial charge in [-0.2, -0.15) is 0 Å². The highest BCUT2D eigenvalue weighted by atomic mass is 32.1. The molecule has 0 aliphatic carbocycles. The van der Waals surface area contributed by atoms with Crippen LogP contribution in [0.25, 0.3) is 10.1 Å². The lowest BCUT2D eigenvalue weighted by Gasteiger charge is -2.24. The number of nitrogens with two attached hydrogens (primary N) is 1. The second-order valence-corrected chi connectivity index (χ2v) is 11.7. The summed E-state index contributed by atoms with van der Waals surface area (Å²) in [5.74, 6) is -0.500. The van der Waals surface area contributed by atoms with Gasteiger partial charge in [-0.15, -0.1) is 11.3 Å². The summed E-state index contributed by atoms with van der Waals surface area (Å²) in [6.07, 6.45) is 3.52. The molecule has 5 aromatic rings. The fourth-order valence-electron chi connectivity index (χ4n) is 5.08. The van der Waals surface area contributed by atoms with Crippen LogP contribution < -0.4 is 26.4 Å². The van der Waals surface area contributed by atoms with Gasteiger partial charge in [-0.25, -0.2) is 0 Å². The fraction of sp³-hybridized carbons (Fsp3) is 0.222. The van der Waals surface area contributed by atoms with Gasteiger partial charge in [-0.05, 0) is 70.3 Å². The van der Waals surface area contributed by atoms with Gasteiger partial charge in [0.25, 0.3) is 5.91 Å². The third-order valence-electron chi connectivity index (χ3n) is 7.58. The summed E-state index contributed by atoms with van der Waals surface area (Å²) in [7, 11) is 0. The van der Waals surface area contributed by atoms with E-state index in [-0.39, 0.29) is 25.3 Å². The zero-order chi connectivity index (χ0) is 32.3. The zero-order valence-electron chi connectivity index (χ0n) is 25.6. The van der Waals surface area contributed by atoms with E-state index in [0.29, 0.717) is 24.5 Å². The standard InChI is InChI=1S/C36H37N5O4S/c1-2-45-29-13-11-24(12-14-29)19-31(40-34(42)27-15-17-38-18-16-27)36(44)41-32(20-28-23-46-33-6-4-3-5-30(28)33)35(43)39-22-26-9-7-25(21-37)8-10-26/h3-18,23,31-32H,2,19-22,37H2,1H3,(H,39,43)(H,40,42)(H,41,44)/t31-,32+/m1/s1. The number of hydrogen-bond donors (Lipinski definition) is 4. The summed E-state index contributed by atoms with van der Waals surface area (Å²) < 4.78 is 6.66. The molecule has 0 unspecified atom stereocenters. The second kappa shape index (κ2) is 15.8. The fourth-order valence-corrected chi connectivity index (χ4v) is 6.05. The molecule has 5 rings (SSSR count). The first-order chi connectivity index (χ1) is 22.4. The van der Waals surface area contributed by atoms with Crippen LogP contribution in [0.5, 0.6) is 5.75 Å². The van der Waals surface area contributed by atoms with Crippen molar-refractivity contribution in [2.75, 3.05) is 6.61 Å². The summed E-state index contributed by atoms with van der Waals surface area (Å²) in [4.78, 5) is 44.9. The van der Waals surface area contributed by atoms with E-state index in [1.165, 1.54) is 12.4 Å². The molecule has 5 N–H and O–H groups in total. The van der Waals surface area contributed by atoms with Crippen LogP contribution in [0.2, 0.25) is 0 Å². The molecule has 0 bridgehead atoms. The molecule has 3 amide bonds. The van der Waals surface area contributed by atoms with E-state index in [4.69, 9.17) is 10.5 Å². The largest absolute Gasteiger partial charge is 0.494 e. The van der Waals surface area contributed by atoms with E-state index in [9.17, 15) is 14.4 Å². The second-order valence-electron chi connectivity index (χ2n) is 10.8. The number of ether oxygens (including phenoxy) is 1. The van der Waals surface area contributed by atoms with Crippen molar-refractivity contribution in [3.63, 3.8) is 0 Å². The SMILES string of the molecule is CCOc1ccc(C[C@@H](NC(=O)c2ccncc2)C(=O)N[C@@H](Cc2csc3ccccc23)C(=O)NCc2ccc(CN)cc2)cc1. The van der Waals surface area contributed by atoms with Gasteiger partial charge in [-0.3, -0.25) is 19.4 Å². The number of aromatic nitrogens is 1. The summed E-state index contributed by atoms with van der Waals surface area (Å²) in [6.45, 7) is 3.17. The minimum atomic E-state index is -0.961. The number of nitrogens with zero attached hydrogens (tertiary/aromatic N) is 1. The number of fused-ring (bicyclic) bond motifs is 1. The van der Waals surface area contributed by atoms with Crippen LogP contribution in [0.4, 0.5) is 0 Å². The molecule has 2 atom stereocenters. The van der Waals surface area contributed by atoms with Crippen LogP contribution in [0, 0.1) is 0 Å². The summed E-state index contributed by atoms with van der Waals surface area (Å²) in [5.41, 5.74) is 9.79. The minimum absolute atomic E-state index is 0.207. The van der Waals surface area contributed by atoms with Crippen LogP contribution in [0.3, 0.4) is 0 Å². The minimum Gasteiger partial charge on any atom is -0.494 e. The third kappa shape index (κ3) is 8.56. The van der Waals surface area contributed by atoms with Crippen molar-refractivity contribution in [3.05, 3.63) is 131 Å². The molecule has 0 spiro atoms. The highest BCUT2D eigenvalue weighted by Gasteiger charge is 2.28. The van der Waals surface area contributed by atoms with E-state index in [0.717, 1.165) is 32.3 Å². The molecule has 3 aromatic carbocycles. The van der Waals surface area contributed by atoms with Gasteiger partial charge < -0.3 is 26.4 Å². The van der Waals surface area contributed by atoms with Crippen molar-refractivity contribution in [2.24, 2.45) is 5.73 Å². The number of carbonyl (C=O) groups excluding carboxylic acids is 3. The van der Waals surface area contributed by atoms with Gasteiger partial charge in [0, 0.05) is 48.6 Å². The molecule has 2 heterocycles. The Morgan fingerprint density at radius 2 is 1.48 bits per heavy atom. The van der Waals surface area contributed by atoms with Gasteiger partial charge in [0.05, 0.1) is 6.61 Å². The van der Waals surface area contributed by atoms with Crippen LogP contribution in [-0.2, 0) is 35.5 Å². The van der Waals surface area contributed by atoms with Crippen molar-refractivity contribution in [2.45, 2.75) is 44.9 Å². The van der Waals surface area contributed by atoms with Crippen molar-refractivity contribution in [3.8, 4) is 5.75 Å². The quantitative estimate of drug-likeness (QED) is 0.142. The maximum absolute atomic E-state index is 14.0. The average Bonchev–Trinajstić information content (AvgIpc) is 3.50.